The minimum atomic E-state index is -0.847. The molecule has 0 spiro atoms. The van der Waals surface area contributed by atoms with Gasteiger partial charge in [0.15, 0.2) is 0 Å². The van der Waals surface area contributed by atoms with Gasteiger partial charge < -0.3 is 15.1 Å². The normalized spacial score (nSPS) is 25.8. The van der Waals surface area contributed by atoms with E-state index in [2.05, 4.69) is 0 Å². The second-order valence-electron chi connectivity index (χ2n) is 5.79. The van der Waals surface area contributed by atoms with Gasteiger partial charge in [-0.25, -0.2) is 4.79 Å². The number of hydrogen-bond acceptors (Lipinski definition) is 2. The molecule has 0 bridgehead atoms. The van der Waals surface area contributed by atoms with Crippen LogP contribution in [0.15, 0.2) is 0 Å². The van der Waals surface area contributed by atoms with E-state index in [0.29, 0.717) is 18.4 Å². The van der Waals surface area contributed by atoms with Gasteiger partial charge >= 0.3 is 6.09 Å². The fourth-order valence-electron chi connectivity index (χ4n) is 2.41. The number of amides is 1. The molecule has 1 aliphatic rings. The monoisotopic (exact) mass is 229 g/mol. The van der Waals surface area contributed by atoms with Crippen LogP contribution in [-0.2, 0) is 0 Å². The lowest BCUT2D eigenvalue weighted by Crippen LogP contribution is -2.47. The topological polar surface area (TPSA) is 60.8 Å². The third-order valence-electron chi connectivity index (χ3n) is 3.39. The van der Waals surface area contributed by atoms with Crippen molar-refractivity contribution >= 4 is 6.09 Å². The molecule has 1 fully saturated rings. The SMILES string of the molecule is CC(C)(C)N(C[C@@H]1CC[C@@H](CO)C1)C(=O)O. The molecule has 4 nitrogen and oxygen atoms in total. The number of aliphatic hydroxyl groups excluding tert-OH is 1. The molecule has 1 aliphatic carbocycles. The first-order chi connectivity index (χ1) is 7.34. The van der Waals surface area contributed by atoms with Gasteiger partial charge in [-0.15, -0.1) is 0 Å². The Bertz CT molecular complexity index is 247. The number of nitrogens with zero attached hydrogens (tertiary/aromatic N) is 1. The highest BCUT2D eigenvalue weighted by Gasteiger charge is 2.32. The first kappa shape index (κ1) is 13.3. The van der Waals surface area contributed by atoms with E-state index in [-0.39, 0.29) is 12.1 Å². The summed E-state index contributed by atoms with van der Waals surface area (Å²) in [6.45, 7) is 6.58. The third kappa shape index (κ3) is 3.37. The third-order valence-corrected chi connectivity index (χ3v) is 3.39. The standard InChI is InChI=1S/C12H23NO3/c1-12(2,3)13(11(15)16)7-9-4-5-10(6-9)8-14/h9-10,14H,4-8H2,1-3H3,(H,15,16)/t9-,10-/m1/s1. The van der Waals surface area contributed by atoms with Crippen molar-refractivity contribution in [1.82, 2.24) is 4.90 Å². The maximum atomic E-state index is 11.2. The van der Waals surface area contributed by atoms with Crippen LogP contribution in [0, 0.1) is 11.8 Å². The zero-order valence-corrected chi connectivity index (χ0v) is 10.4. The molecule has 0 aromatic carbocycles. The van der Waals surface area contributed by atoms with E-state index in [1.807, 2.05) is 20.8 Å². The number of rotatable bonds is 3. The Morgan fingerprint density at radius 2 is 1.88 bits per heavy atom. The second kappa shape index (κ2) is 5.04. The second-order valence-corrected chi connectivity index (χ2v) is 5.79. The van der Waals surface area contributed by atoms with Gasteiger partial charge in [-0.2, -0.15) is 0 Å². The van der Waals surface area contributed by atoms with Gasteiger partial charge in [-0.1, -0.05) is 0 Å². The van der Waals surface area contributed by atoms with Crippen LogP contribution in [-0.4, -0.2) is 39.9 Å². The first-order valence-electron chi connectivity index (χ1n) is 5.96. The van der Waals surface area contributed by atoms with Crippen molar-refractivity contribution in [3.63, 3.8) is 0 Å². The molecule has 16 heavy (non-hydrogen) atoms. The number of hydrogen-bond donors (Lipinski definition) is 2. The molecular weight excluding hydrogens is 206 g/mol. The molecule has 0 aromatic heterocycles. The summed E-state index contributed by atoms with van der Waals surface area (Å²) < 4.78 is 0. The molecule has 0 saturated heterocycles. The smallest absolute Gasteiger partial charge is 0.407 e. The largest absolute Gasteiger partial charge is 0.465 e. The average molecular weight is 229 g/mol. The fourth-order valence-corrected chi connectivity index (χ4v) is 2.41. The fraction of sp³-hybridized carbons (Fsp3) is 0.917. The van der Waals surface area contributed by atoms with Crippen LogP contribution in [0.3, 0.4) is 0 Å². The predicted molar refractivity (Wildman–Crippen MR) is 62.4 cm³/mol. The van der Waals surface area contributed by atoms with Gasteiger partial charge in [0, 0.05) is 18.7 Å². The summed E-state index contributed by atoms with van der Waals surface area (Å²) in [5.74, 6) is 0.785. The van der Waals surface area contributed by atoms with Crippen molar-refractivity contribution < 1.29 is 15.0 Å². The Kier molecular flexibility index (Phi) is 4.19. The van der Waals surface area contributed by atoms with Crippen LogP contribution < -0.4 is 0 Å². The van der Waals surface area contributed by atoms with Gasteiger partial charge in [0.05, 0.1) is 0 Å². The van der Waals surface area contributed by atoms with Gasteiger partial charge in [0.2, 0.25) is 0 Å². The van der Waals surface area contributed by atoms with Gasteiger partial charge in [0.25, 0.3) is 0 Å². The van der Waals surface area contributed by atoms with Crippen molar-refractivity contribution in [2.75, 3.05) is 13.2 Å². The minimum absolute atomic E-state index is 0.235. The Labute approximate surface area is 97.3 Å². The Hall–Kier alpha value is -0.770. The van der Waals surface area contributed by atoms with E-state index in [4.69, 9.17) is 10.2 Å². The maximum Gasteiger partial charge on any atom is 0.407 e. The molecule has 94 valence electrons. The van der Waals surface area contributed by atoms with Crippen LogP contribution in [0.5, 0.6) is 0 Å². The molecule has 1 saturated carbocycles. The lowest BCUT2D eigenvalue weighted by atomic mass is 10.0. The zero-order chi connectivity index (χ0) is 12.3. The summed E-state index contributed by atoms with van der Waals surface area (Å²) in [7, 11) is 0. The van der Waals surface area contributed by atoms with Gasteiger partial charge in [-0.3, -0.25) is 0 Å². The Morgan fingerprint density at radius 1 is 1.31 bits per heavy atom. The molecule has 0 aliphatic heterocycles. The summed E-state index contributed by atoms with van der Waals surface area (Å²) in [5.41, 5.74) is -0.344. The van der Waals surface area contributed by atoms with E-state index in [9.17, 15) is 4.79 Å². The van der Waals surface area contributed by atoms with Crippen LogP contribution in [0.25, 0.3) is 0 Å². The lowest BCUT2D eigenvalue weighted by Gasteiger charge is -2.35. The quantitative estimate of drug-likeness (QED) is 0.779. The predicted octanol–water partition coefficient (Wildman–Crippen LogP) is 2.17. The highest BCUT2D eigenvalue weighted by Crippen LogP contribution is 2.32. The van der Waals surface area contributed by atoms with Crippen molar-refractivity contribution in [3.05, 3.63) is 0 Å². The van der Waals surface area contributed by atoms with Gasteiger partial charge in [-0.05, 0) is 51.9 Å². The Balaban J connectivity index is 2.54. The summed E-state index contributed by atoms with van der Waals surface area (Å²) in [6, 6.07) is 0. The molecule has 4 heteroatoms. The molecule has 0 radical (unpaired) electrons. The van der Waals surface area contributed by atoms with Crippen molar-refractivity contribution in [2.45, 2.75) is 45.6 Å². The van der Waals surface area contributed by atoms with Crippen LogP contribution in [0.4, 0.5) is 4.79 Å². The zero-order valence-electron chi connectivity index (χ0n) is 10.4. The minimum Gasteiger partial charge on any atom is -0.465 e. The van der Waals surface area contributed by atoms with E-state index in [1.165, 1.54) is 4.90 Å². The summed E-state index contributed by atoms with van der Waals surface area (Å²) in [6.07, 6.45) is 2.17. The number of aliphatic hydroxyl groups is 1. The average Bonchev–Trinajstić information content (AvgIpc) is 2.59. The lowest BCUT2D eigenvalue weighted by molar-refractivity contribution is 0.0883. The molecule has 1 amide bonds. The molecule has 1 rings (SSSR count). The summed E-state index contributed by atoms with van der Waals surface area (Å²) in [5, 5.41) is 18.2. The van der Waals surface area contributed by atoms with Gasteiger partial charge in [0.1, 0.15) is 0 Å². The molecule has 0 unspecified atom stereocenters. The van der Waals surface area contributed by atoms with Crippen molar-refractivity contribution in [3.8, 4) is 0 Å². The Morgan fingerprint density at radius 3 is 2.25 bits per heavy atom. The van der Waals surface area contributed by atoms with Crippen molar-refractivity contribution in [2.24, 2.45) is 11.8 Å². The van der Waals surface area contributed by atoms with Crippen LogP contribution >= 0.6 is 0 Å². The summed E-state index contributed by atoms with van der Waals surface area (Å²) in [4.78, 5) is 12.7. The molecule has 2 atom stereocenters. The van der Waals surface area contributed by atoms with Crippen LogP contribution in [0.2, 0.25) is 0 Å². The van der Waals surface area contributed by atoms with E-state index >= 15 is 0 Å². The highest BCUT2D eigenvalue weighted by molar-refractivity contribution is 5.66. The maximum absolute atomic E-state index is 11.2. The molecule has 2 N–H and O–H groups in total. The van der Waals surface area contributed by atoms with E-state index in [0.717, 1.165) is 19.3 Å². The molecular formula is C12H23NO3. The number of carboxylic acid groups (broad SMARTS) is 1. The first-order valence-corrected chi connectivity index (χ1v) is 5.96. The molecule has 0 aromatic rings. The molecule has 0 heterocycles. The van der Waals surface area contributed by atoms with E-state index in [1.54, 1.807) is 0 Å². The highest BCUT2D eigenvalue weighted by atomic mass is 16.4. The summed E-state index contributed by atoms with van der Waals surface area (Å²) >= 11 is 0. The van der Waals surface area contributed by atoms with Crippen molar-refractivity contribution in [1.29, 1.82) is 0 Å². The van der Waals surface area contributed by atoms with E-state index < -0.39 is 6.09 Å². The van der Waals surface area contributed by atoms with Crippen LogP contribution in [0.1, 0.15) is 40.0 Å². The number of carbonyl (C=O) groups is 1.